The summed E-state index contributed by atoms with van der Waals surface area (Å²) in [5, 5.41) is 16.3. The zero-order chi connectivity index (χ0) is 22.5. The van der Waals surface area contributed by atoms with E-state index in [9.17, 15) is 14.7 Å². The van der Waals surface area contributed by atoms with Gasteiger partial charge >= 0.3 is 0 Å². The highest BCUT2D eigenvalue weighted by atomic mass is 35.5. The van der Waals surface area contributed by atoms with Gasteiger partial charge in [-0.15, -0.1) is 0 Å². The molecule has 7 heteroatoms. The van der Waals surface area contributed by atoms with Crippen molar-refractivity contribution in [2.45, 2.75) is 27.3 Å². The summed E-state index contributed by atoms with van der Waals surface area (Å²) in [4.78, 5) is 23.9. The highest BCUT2D eigenvalue weighted by molar-refractivity contribution is 6.30. The van der Waals surface area contributed by atoms with Crippen LogP contribution in [0.3, 0.4) is 0 Å². The molecule has 31 heavy (non-hydrogen) atoms. The van der Waals surface area contributed by atoms with Gasteiger partial charge in [0.15, 0.2) is 0 Å². The monoisotopic (exact) mass is 438 g/mol. The molecule has 0 atom stereocenters. The molecule has 0 unspecified atom stereocenters. The fourth-order valence-corrected chi connectivity index (χ4v) is 3.27. The van der Waals surface area contributed by atoms with Crippen LogP contribution in [0.5, 0.6) is 17.2 Å². The fraction of sp³-hybridized carbons (Fsp3) is 0.167. The first-order chi connectivity index (χ1) is 14.7. The number of ether oxygens (including phenoxy) is 1. The molecule has 0 bridgehead atoms. The Morgan fingerprint density at radius 3 is 2.26 bits per heavy atom. The molecule has 0 fully saturated rings. The fourth-order valence-electron chi connectivity index (χ4n) is 3.14. The number of carbonyl (C=O) groups is 2. The topological polar surface area (TPSA) is 87.7 Å². The molecule has 0 aliphatic rings. The van der Waals surface area contributed by atoms with Gasteiger partial charge in [0, 0.05) is 24.2 Å². The van der Waals surface area contributed by atoms with Crippen molar-refractivity contribution in [1.29, 1.82) is 0 Å². The maximum Gasteiger partial charge on any atom is 0.255 e. The predicted octanol–water partition coefficient (Wildman–Crippen LogP) is 5.34. The number of phenolic OH excluding ortho intramolecular Hbond substituents is 1. The van der Waals surface area contributed by atoms with E-state index in [-0.39, 0.29) is 17.2 Å². The van der Waals surface area contributed by atoms with Crippen LogP contribution in [0.4, 0.5) is 5.69 Å². The van der Waals surface area contributed by atoms with E-state index in [4.69, 9.17) is 16.3 Å². The van der Waals surface area contributed by atoms with E-state index in [0.29, 0.717) is 28.8 Å². The predicted molar refractivity (Wildman–Crippen MR) is 121 cm³/mol. The van der Waals surface area contributed by atoms with Crippen LogP contribution in [0, 0.1) is 13.8 Å². The molecule has 3 aromatic rings. The van der Waals surface area contributed by atoms with Crippen molar-refractivity contribution in [1.82, 2.24) is 5.32 Å². The zero-order valence-electron chi connectivity index (χ0n) is 17.5. The maximum atomic E-state index is 12.6. The van der Waals surface area contributed by atoms with E-state index < -0.39 is 5.91 Å². The Labute approximate surface area is 185 Å². The summed E-state index contributed by atoms with van der Waals surface area (Å²) >= 11 is 5.88. The van der Waals surface area contributed by atoms with Gasteiger partial charge in [-0.05, 0) is 73.0 Å². The average Bonchev–Trinajstić information content (AvgIpc) is 2.70. The van der Waals surface area contributed by atoms with Crippen molar-refractivity contribution < 1.29 is 19.4 Å². The Balaban J connectivity index is 1.77. The number of anilines is 1. The first kappa shape index (κ1) is 22.2. The number of carbonyl (C=O) groups excluding carboxylic acids is 2. The van der Waals surface area contributed by atoms with Crippen LogP contribution in [0.15, 0.2) is 54.6 Å². The third-order valence-electron chi connectivity index (χ3n) is 4.58. The average molecular weight is 439 g/mol. The first-order valence-electron chi connectivity index (χ1n) is 9.65. The summed E-state index contributed by atoms with van der Waals surface area (Å²) in [6.07, 6.45) is 0. The molecule has 3 N–H and O–H groups in total. The Morgan fingerprint density at radius 2 is 1.65 bits per heavy atom. The van der Waals surface area contributed by atoms with Crippen LogP contribution < -0.4 is 15.4 Å². The standard InChI is InChI=1S/C24H23ClN2O4/c1-14-10-19(27-16(3)28)11-15(2)23(14)31-20-8-9-22(29)21(12-20)24(30)26-13-17-4-6-18(25)7-5-17/h4-12,29H,13H2,1-3H3,(H,26,30)(H,27,28). The number of hydrogen-bond acceptors (Lipinski definition) is 4. The van der Waals surface area contributed by atoms with Gasteiger partial charge in [-0.1, -0.05) is 23.7 Å². The van der Waals surface area contributed by atoms with Crippen molar-refractivity contribution >= 4 is 29.1 Å². The minimum Gasteiger partial charge on any atom is -0.507 e. The minimum absolute atomic E-state index is 0.108. The van der Waals surface area contributed by atoms with Crippen LogP contribution in [0.2, 0.25) is 5.02 Å². The summed E-state index contributed by atoms with van der Waals surface area (Å²) in [6, 6.07) is 15.2. The van der Waals surface area contributed by atoms with Crippen molar-refractivity contribution in [2.75, 3.05) is 5.32 Å². The van der Waals surface area contributed by atoms with Crippen molar-refractivity contribution in [3.63, 3.8) is 0 Å². The van der Waals surface area contributed by atoms with Gasteiger partial charge in [0.2, 0.25) is 5.91 Å². The molecule has 0 spiro atoms. The number of aromatic hydroxyl groups is 1. The summed E-state index contributed by atoms with van der Waals surface area (Å²) in [5.74, 6) is 0.309. The normalized spacial score (nSPS) is 10.5. The quantitative estimate of drug-likeness (QED) is 0.484. The highest BCUT2D eigenvalue weighted by Gasteiger charge is 2.15. The lowest BCUT2D eigenvalue weighted by Gasteiger charge is -2.15. The van der Waals surface area contributed by atoms with Crippen LogP contribution in [-0.2, 0) is 11.3 Å². The first-order valence-corrected chi connectivity index (χ1v) is 10.0. The molecule has 6 nitrogen and oxygen atoms in total. The Morgan fingerprint density at radius 1 is 1.00 bits per heavy atom. The second kappa shape index (κ2) is 9.53. The second-order valence-electron chi connectivity index (χ2n) is 7.21. The third-order valence-corrected chi connectivity index (χ3v) is 4.83. The molecule has 160 valence electrons. The third kappa shape index (κ3) is 5.77. The van der Waals surface area contributed by atoms with Gasteiger partial charge in [-0.25, -0.2) is 0 Å². The molecule has 0 heterocycles. The van der Waals surface area contributed by atoms with Crippen molar-refractivity contribution in [2.24, 2.45) is 0 Å². The number of nitrogens with one attached hydrogen (secondary N) is 2. The number of aryl methyl sites for hydroxylation is 2. The van der Waals surface area contributed by atoms with Gasteiger partial charge < -0.3 is 20.5 Å². The molecule has 0 saturated heterocycles. The number of halogens is 1. The second-order valence-corrected chi connectivity index (χ2v) is 7.65. The van der Waals surface area contributed by atoms with E-state index in [1.165, 1.54) is 19.1 Å². The summed E-state index contributed by atoms with van der Waals surface area (Å²) in [6.45, 7) is 5.48. The number of benzene rings is 3. The number of amides is 2. The molecule has 2 amide bonds. The number of hydrogen-bond donors (Lipinski definition) is 3. The Hall–Kier alpha value is -3.51. The van der Waals surface area contributed by atoms with Crippen LogP contribution in [-0.4, -0.2) is 16.9 Å². The maximum absolute atomic E-state index is 12.6. The highest BCUT2D eigenvalue weighted by Crippen LogP contribution is 2.33. The van der Waals surface area contributed by atoms with Crippen LogP contribution in [0.1, 0.15) is 34.0 Å². The summed E-state index contributed by atoms with van der Waals surface area (Å²) < 4.78 is 6.00. The lowest BCUT2D eigenvalue weighted by atomic mass is 10.1. The van der Waals surface area contributed by atoms with Gasteiger partial charge in [0.05, 0.1) is 5.56 Å². The van der Waals surface area contributed by atoms with Gasteiger partial charge in [0.1, 0.15) is 17.2 Å². The Kier molecular flexibility index (Phi) is 6.82. The number of phenols is 1. The molecule has 0 saturated carbocycles. The molecule has 0 aromatic heterocycles. The molecule has 0 aliphatic heterocycles. The van der Waals surface area contributed by atoms with Gasteiger partial charge in [-0.2, -0.15) is 0 Å². The molecule has 0 radical (unpaired) electrons. The molecular weight excluding hydrogens is 416 g/mol. The molecular formula is C24H23ClN2O4. The zero-order valence-corrected chi connectivity index (χ0v) is 18.2. The summed E-state index contributed by atoms with van der Waals surface area (Å²) in [7, 11) is 0. The van der Waals surface area contributed by atoms with Crippen molar-refractivity contribution in [3.05, 3.63) is 81.9 Å². The van der Waals surface area contributed by atoms with Crippen LogP contribution >= 0.6 is 11.6 Å². The van der Waals surface area contributed by atoms with Crippen molar-refractivity contribution in [3.8, 4) is 17.2 Å². The molecule has 0 aliphatic carbocycles. The van der Waals surface area contributed by atoms with E-state index in [0.717, 1.165) is 16.7 Å². The van der Waals surface area contributed by atoms with E-state index >= 15 is 0 Å². The molecule has 3 aromatic carbocycles. The van der Waals surface area contributed by atoms with E-state index in [1.807, 2.05) is 38.1 Å². The smallest absolute Gasteiger partial charge is 0.255 e. The molecule has 3 rings (SSSR count). The van der Waals surface area contributed by atoms with Gasteiger partial charge in [-0.3, -0.25) is 9.59 Å². The summed E-state index contributed by atoms with van der Waals surface area (Å²) in [5.41, 5.74) is 3.32. The number of rotatable bonds is 6. The lowest BCUT2D eigenvalue weighted by molar-refractivity contribution is -0.114. The largest absolute Gasteiger partial charge is 0.507 e. The Bertz CT molecular complexity index is 1100. The van der Waals surface area contributed by atoms with Crippen LogP contribution in [0.25, 0.3) is 0 Å². The lowest BCUT2D eigenvalue weighted by Crippen LogP contribution is -2.22. The minimum atomic E-state index is -0.424. The van der Waals surface area contributed by atoms with E-state index in [2.05, 4.69) is 10.6 Å². The SMILES string of the molecule is CC(=O)Nc1cc(C)c(Oc2ccc(O)c(C(=O)NCc3ccc(Cl)cc3)c2)c(C)c1. The van der Waals surface area contributed by atoms with E-state index in [1.54, 1.807) is 18.2 Å². The van der Waals surface area contributed by atoms with Gasteiger partial charge in [0.25, 0.3) is 5.91 Å².